The van der Waals surface area contributed by atoms with Crippen molar-refractivity contribution in [3.63, 3.8) is 0 Å². The van der Waals surface area contributed by atoms with Crippen LogP contribution in [-0.4, -0.2) is 11.7 Å². The predicted octanol–water partition coefficient (Wildman–Crippen LogP) is 4.37. The summed E-state index contributed by atoms with van der Waals surface area (Å²) in [6.45, 7) is 1.15. The molecule has 3 rings (SSSR count). The smallest absolute Gasteiger partial charge is 0.159 e. The Hall–Kier alpha value is -2.76. The third-order valence-electron chi connectivity index (χ3n) is 4.19. The maximum atomic E-state index is 13.3. The van der Waals surface area contributed by atoms with Gasteiger partial charge in [0.25, 0.3) is 0 Å². The van der Waals surface area contributed by atoms with Gasteiger partial charge in [0.1, 0.15) is 12.4 Å². The van der Waals surface area contributed by atoms with Gasteiger partial charge < -0.3 is 15.2 Å². The molecule has 0 unspecified atom stereocenters. The average Bonchev–Trinajstić information content (AvgIpc) is 2.70. The van der Waals surface area contributed by atoms with Crippen LogP contribution in [0.3, 0.4) is 0 Å². The van der Waals surface area contributed by atoms with Crippen LogP contribution in [0.25, 0.3) is 0 Å². The second-order valence-electron chi connectivity index (χ2n) is 6.20. The molecule has 0 aliphatic heterocycles. The molecular weight excluding hydrogens is 348 g/mol. The second-order valence-corrected chi connectivity index (χ2v) is 6.20. The average molecular weight is 369 g/mol. The van der Waals surface area contributed by atoms with Gasteiger partial charge in [0.2, 0.25) is 0 Å². The zero-order valence-corrected chi connectivity index (χ0v) is 14.7. The Morgan fingerprint density at radius 2 is 1.63 bits per heavy atom. The van der Waals surface area contributed by atoms with Crippen LogP contribution in [0.5, 0.6) is 5.75 Å². The van der Waals surface area contributed by atoms with E-state index in [0.29, 0.717) is 18.7 Å². The topological polar surface area (TPSA) is 41.5 Å². The number of aliphatic hydroxyl groups is 1. The summed E-state index contributed by atoms with van der Waals surface area (Å²) >= 11 is 0. The van der Waals surface area contributed by atoms with Gasteiger partial charge in [-0.3, -0.25) is 0 Å². The van der Waals surface area contributed by atoms with Crippen molar-refractivity contribution in [2.24, 2.45) is 0 Å². The van der Waals surface area contributed by atoms with E-state index < -0.39 is 17.7 Å². The van der Waals surface area contributed by atoms with Gasteiger partial charge in [-0.05, 0) is 29.3 Å². The largest absolute Gasteiger partial charge is 0.489 e. The van der Waals surface area contributed by atoms with E-state index in [9.17, 15) is 13.9 Å². The fourth-order valence-corrected chi connectivity index (χ4v) is 2.71. The van der Waals surface area contributed by atoms with Crippen molar-refractivity contribution >= 4 is 0 Å². The molecule has 0 aromatic heterocycles. The maximum Gasteiger partial charge on any atom is 0.159 e. The number of nitrogens with one attached hydrogen (secondary N) is 1. The first-order valence-electron chi connectivity index (χ1n) is 8.72. The Labute approximate surface area is 157 Å². The molecule has 140 valence electrons. The Morgan fingerprint density at radius 1 is 0.889 bits per heavy atom. The third-order valence-corrected chi connectivity index (χ3v) is 4.19. The summed E-state index contributed by atoms with van der Waals surface area (Å²) < 4.78 is 32.2. The lowest BCUT2D eigenvalue weighted by molar-refractivity contribution is 0.173. The number of aliphatic hydroxyl groups excluding tert-OH is 1. The monoisotopic (exact) mass is 369 g/mol. The zero-order chi connectivity index (χ0) is 19.1. The van der Waals surface area contributed by atoms with Crippen molar-refractivity contribution in [2.45, 2.75) is 19.3 Å². The van der Waals surface area contributed by atoms with Gasteiger partial charge in [0.15, 0.2) is 11.6 Å². The van der Waals surface area contributed by atoms with Crippen LogP contribution in [0, 0.1) is 11.6 Å². The number of ether oxygens (including phenoxy) is 1. The molecule has 3 aromatic rings. The molecule has 27 heavy (non-hydrogen) atoms. The van der Waals surface area contributed by atoms with E-state index in [2.05, 4.69) is 5.32 Å². The van der Waals surface area contributed by atoms with Crippen molar-refractivity contribution < 1.29 is 18.6 Å². The van der Waals surface area contributed by atoms with Crippen LogP contribution in [0.1, 0.15) is 22.8 Å². The van der Waals surface area contributed by atoms with E-state index in [4.69, 9.17) is 4.74 Å². The van der Waals surface area contributed by atoms with E-state index >= 15 is 0 Å². The van der Waals surface area contributed by atoms with Gasteiger partial charge in [0, 0.05) is 18.7 Å². The molecule has 0 aliphatic rings. The lowest BCUT2D eigenvalue weighted by Crippen LogP contribution is -2.21. The first-order chi connectivity index (χ1) is 13.1. The molecule has 1 atom stereocenters. The highest BCUT2D eigenvalue weighted by Crippen LogP contribution is 2.20. The van der Waals surface area contributed by atoms with Crippen LogP contribution < -0.4 is 10.1 Å². The summed E-state index contributed by atoms with van der Waals surface area (Å²) in [6, 6.07) is 20.9. The van der Waals surface area contributed by atoms with E-state index in [0.717, 1.165) is 29.0 Å². The van der Waals surface area contributed by atoms with Crippen molar-refractivity contribution in [1.82, 2.24) is 5.32 Å². The van der Waals surface area contributed by atoms with Gasteiger partial charge in [0.05, 0.1) is 6.10 Å². The lowest BCUT2D eigenvalue weighted by atomic mass is 10.1. The molecule has 0 aliphatic carbocycles. The van der Waals surface area contributed by atoms with E-state index in [1.54, 1.807) is 0 Å². The van der Waals surface area contributed by atoms with Gasteiger partial charge in [-0.15, -0.1) is 0 Å². The summed E-state index contributed by atoms with van der Waals surface area (Å²) in [7, 11) is 0. The summed E-state index contributed by atoms with van der Waals surface area (Å²) in [5, 5.41) is 13.3. The van der Waals surface area contributed by atoms with Gasteiger partial charge >= 0.3 is 0 Å². The SMILES string of the molecule is O[C@@H](CNCc1ccccc1OCc1ccccc1)c1ccc(F)c(F)c1. The van der Waals surface area contributed by atoms with Gasteiger partial charge in [-0.25, -0.2) is 8.78 Å². The van der Waals surface area contributed by atoms with Crippen molar-refractivity contribution in [1.29, 1.82) is 0 Å². The van der Waals surface area contributed by atoms with Crippen molar-refractivity contribution in [3.05, 3.63) is 101 Å². The highest BCUT2D eigenvalue weighted by Gasteiger charge is 2.11. The summed E-state index contributed by atoms with van der Waals surface area (Å²) in [6.07, 6.45) is -0.933. The molecular formula is C22H21F2NO2. The van der Waals surface area contributed by atoms with Crippen LogP contribution in [0.2, 0.25) is 0 Å². The molecule has 0 bridgehead atoms. The minimum atomic E-state index is -0.966. The number of benzene rings is 3. The number of hydrogen-bond donors (Lipinski definition) is 2. The maximum absolute atomic E-state index is 13.3. The van der Waals surface area contributed by atoms with Crippen molar-refractivity contribution in [3.8, 4) is 5.75 Å². The Kier molecular flexibility index (Phi) is 6.52. The molecule has 0 heterocycles. The highest BCUT2D eigenvalue weighted by atomic mass is 19.2. The van der Waals surface area contributed by atoms with E-state index in [1.165, 1.54) is 6.07 Å². The minimum absolute atomic E-state index is 0.206. The van der Waals surface area contributed by atoms with Crippen LogP contribution in [0.15, 0.2) is 72.8 Å². The molecule has 0 radical (unpaired) electrons. The first kappa shape index (κ1) is 19.0. The van der Waals surface area contributed by atoms with E-state index in [1.807, 2.05) is 54.6 Å². The third kappa shape index (κ3) is 5.36. The van der Waals surface area contributed by atoms with Crippen LogP contribution >= 0.6 is 0 Å². The molecule has 2 N–H and O–H groups in total. The standard InChI is InChI=1S/C22H21F2NO2/c23-19-11-10-17(12-20(19)24)21(26)14-25-13-18-8-4-5-9-22(18)27-15-16-6-2-1-3-7-16/h1-12,21,25-26H,13-15H2/t21-/m0/s1. The fraction of sp³-hybridized carbons (Fsp3) is 0.182. The molecule has 0 saturated carbocycles. The number of hydrogen-bond acceptors (Lipinski definition) is 3. The van der Waals surface area contributed by atoms with E-state index in [-0.39, 0.29) is 6.54 Å². The zero-order valence-electron chi connectivity index (χ0n) is 14.7. The van der Waals surface area contributed by atoms with Crippen LogP contribution in [-0.2, 0) is 13.2 Å². The lowest BCUT2D eigenvalue weighted by Gasteiger charge is -2.15. The minimum Gasteiger partial charge on any atom is -0.489 e. The summed E-state index contributed by atoms with van der Waals surface area (Å²) in [5.41, 5.74) is 2.36. The predicted molar refractivity (Wildman–Crippen MR) is 100 cm³/mol. The first-order valence-corrected chi connectivity index (χ1v) is 8.72. The second kappa shape index (κ2) is 9.26. The van der Waals surface area contributed by atoms with Crippen LogP contribution in [0.4, 0.5) is 8.78 Å². The normalized spacial score (nSPS) is 12.0. The Balaban J connectivity index is 1.55. The Bertz CT molecular complexity index is 871. The molecule has 0 fully saturated rings. The molecule has 5 heteroatoms. The number of halogens is 2. The molecule has 0 amide bonds. The molecule has 3 nitrogen and oxygen atoms in total. The van der Waals surface area contributed by atoms with Gasteiger partial charge in [-0.1, -0.05) is 54.6 Å². The fourth-order valence-electron chi connectivity index (χ4n) is 2.71. The highest BCUT2D eigenvalue weighted by molar-refractivity contribution is 5.33. The number of para-hydroxylation sites is 1. The van der Waals surface area contributed by atoms with Crippen molar-refractivity contribution in [2.75, 3.05) is 6.54 Å². The molecule has 3 aromatic carbocycles. The molecule has 0 spiro atoms. The summed E-state index contributed by atoms with van der Waals surface area (Å²) in [4.78, 5) is 0. The quantitative estimate of drug-likeness (QED) is 0.620. The Morgan fingerprint density at radius 3 is 2.41 bits per heavy atom. The summed E-state index contributed by atoms with van der Waals surface area (Å²) in [5.74, 6) is -1.13. The molecule has 0 saturated heterocycles. The number of rotatable bonds is 8. The van der Waals surface area contributed by atoms with Gasteiger partial charge in [-0.2, -0.15) is 0 Å².